The summed E-state index contributed by atoms with van der Waals surface area (Å²) >= 11 is 3.14. The first-order valence-corrected chi connectivity index (χ1v) is 6.47. The van der Waals surface area contributed by atoms with E-state index in [0.717, 1.165) is 0 Å². The van der Waals surface area contributed by atoms with Crippen LogP contribution in [0.5, 0.6) is 5.75 Å². The second kappa shape index (κ2) is 5.92. The molecule has 0 aliphatic rings. The third kappa shape index (κ3) is 3.08. The Morgan fingerprint density at radius 1 is 1.35 bits per heavy atom. The van der Waals surface area contributed by atoms with E-state index in [9.17, 15) is 9.18 Å². The maximum Gasteiger partial charge on any atom is 0.337 e. The van der Waals surface area contributed by atoms with Gasteiger partial charge in [0.25, 0.3) is 0 Å². The average Bonchev–Trinajstić information content (AvgIpc) is 2.40. The molecule has 2 rings (SSSR count). The summed E-state index contributed by atoms with van der Waals surface area (Å²) in [5.74, 6) is -1.04. The van der Waals surface area contributed by atoms with Gasteiger partial charge in [0.05, 0.1) is 10.0 Å². The normalized spacial score (nSPS) is 10.3. The van der Waals surface area contributed by atoms with Gasteiger partial charge in [0.1, 0.15) is 18.2 Å². The Bertz CT molecular complexity index is 661. The number of hydrogen-bond donors (Lipinski definition) is 2. The van der Waals surface area contributed by atoms with E-state index in [-0.39, 0.29) is 23.7 Å². The zero-order chi connectivity index (χ0) is 14.7. The van der Waals surface area contributed by atoms with Gasteiger partial charge in [-0.1, -0.05) is 12.1 Å². The van der Waals surface area contributed by atoms with Crippen LogP contribution in [-0.2, 0) is 6.61 Å². The highest BCUT2D eigenvalue weighted by molar-refractivity contribution is 9.10. The Kier molecular flexibility index (Phi) is 4.24. The van der Waals surface area contributed by atoms with Gasteiger partial charge in [-0.2, -0.15) is 0 Å². The predicted octanol–water partition coefficient (Wildman–Crippen LogP) is 3.45. The molecule has 0 amide bonds. The molecule has 0 spiro atoms. The fourth-order valence-electron chi connectivity index (χ4n) is 1.65. The first kappa shape index (κ1) is 14.3. The molecule has 20 heavy (non-hydrogen) atoms. The van der Waals surface area contributed by atoms with Gasteiger partial charge < -0.3 is 15.6 Å². The van der Waals surface area contributed by atoms with E-state index in [1.54, 1.807) is 12.1 Å². The number of nitrogen functional groups attached to an aromatic ring is 1. The summed E-state index contributed by atoms with van der Waals surface area (Å²) in [6, 6.07) is 8.95. The monoisotopic (exact) mass is 339 g/mol. The van der Waals surface area contributed by atoms with Crippen LogP contribution in [0, 0.1) is 5.82 Å². The van der Waals surface area contributed by atoms with Gasteiger partial charge in [0, 0.05) is 17.3 Å². The van der Waals surface area contributed by atoms with Gasteiger partial charge in [-0.25, -0.2) is 9.18 Å². The molecule has 0 bridgehead atoms. The van der Waals surface area contributed by atoms with E-state index in [1.807, 2.05) is 0 Å². The molecule has 2 aromatic carbocycles. The number of anilines is 1. The Morgan fingerprint density at radius 3 is 2.75 bits per heavy atom. The zero-order valence-electron chi connectivity index (χ0n) is 10.3. The van der Waals surface area contributed by atoms with Crippen LogP contribution in [0.4, 0.5) is 10.1 Å². The number of aromatic carboxylic acids is 1. The Hall–Kier alpha value is -2.08. The summed E-state index contributed by atoms with van der Waals surface area (Å²) in [4.78, 5) is 10.8. The topological polar surface area (TPSA) is 72.5 Å². The molecule has 0 aliphatic carbocycles. The van der Waals surface area contributed by atoms with Crippen molar-refractivity contribution in [2.45, 2.75) is 6.61 Å². The van der Waals surface area contributed by atoms with Gasteiger partial charge in [-0.3, -0.25) is 0 Å². The minimum absolute atomic E-state index is 0.0179. The molecule has 0 fully saturated rings. The lowest BCUT2D eigenvalue weighted by Crippen LogP contribution is -2.03. The molecule has 0 radical (unpaired) electrons. The summed E-state index contributed by atoms with van der Waals surface area (Å²) < 4.78 is 19.1. The maximum atomic E-state index is 13.3. The Morgan fingerprint density at radius 2 is 2.10 bits per heavy atom. The van der Waals surface area contributed by atoms with Crippen molar-refractivity contribution in [3.05, 3.63) is 57.8 Å². The van der Waals surface area contributed by atoms with E-state index >= 15 is 0 Å². The van der Waals surface area contributed by atoms with Gasteiger partial charge in [0.15, 0.2) is 0 Å². The highest BCUT2D eigenvalue weighted by Gasteiger charge is 2.10. The van der Waals surface area contributed by atoms with E-state index in [1.165, 1.54) is 24.3 Å². The van der Waals surface area contributed by atoms with Crippen LogP contribution in [0.25, 0.3) is 0 Å². The van der Waals surface area contributed by atoms with Crippen molar-refractivity contribution >= 4 is 27.6 Å². The van der Waals surface area contributed by atoms with E-state index in [2.05, 4.69) is 15.9 Å². The summed E-state index contributed by atoms with van der Waals surface area (Å²) in [6.45, 7) is 0.143. The fraction of sp³-hybridized carbons (Fsp3) is 0.0714. The minimum Gasteiger partial charge on any atom is -0.489 e. The molecule has 0 aliphatic heterocycles. The second-order valence-electron chi connectivity index (χ2n) is 4.06. The number of nitrogens with two attached hydrogens (primary N) is 1. The number of carboxylic acids is 1. The van der Waals surface area contributed by atoms with E-state index in [0.29, 0.717) is 15.8 Å². The predicted molar refractivity (Wildman–Crippen MR) is 76.2 cm³/mol. The lowest BCUT2D eigenvalue weighted by molar-refractivity contribution is 0.0698. The zero-order valence-corrected chi connectivity index (χ0v) is 11.9. The summed E-state index contributed by atoms with van der Waals surface area (Å²) in [6.07, 6.45) is 0. The molecule has 4 nitrogen and oxygen atoms in total. The lowest BCUT2D eigenvalue weighted by Gasteiger charge is -2.10. The van der Waals surface area contributed by atoms with Crippen LogP contribution in [0.2, 0.25) is 0 Å². The molecule has 6 heteroatoms. The molecule has 0 atom stereocenters. The largest absolute Gasteiger partial charge is 0.489 e. The van der Waals surface area contributed by atoms with Gasteiger partial charge in [-0.15, -0.1) is 0 Å². The first-order chi connectivity index (χ1) is 9.49. The molecular formula is C14H11BrFNO3. The number of ether oxygens (including phenoxy) is 1. The number of carboxylic acid groups (broad SMARTS) is 1. The minimum atomic E-state index is -1.10. The molecule has 0 saturated heterocycles. The van der Waals surface area contributed by atoms with Crippen molar-refractivity contribution in [3.8, 4) is 5.75 Å². The third-order valence-corrected chi connectivity index (χ3v) is 3.57. The molecular weight excluding hydrogens is 329 g/mol. The van der Waals surface area contributed by atoms with Crippen molar-refractivity contribution in [2.24, 2.45) is 0 Å². The summed E-state index contributed by atoms with van der Waals surface area (Å²) in [5, 5.41) is 8.86. The standard InChI is InChI=1S/C14H11BrFNO3/c15-13-8(2-1-3-11(13)16)7-20-9-4-5-10(14(18)19)12(17)6-9/h1-6H,7,17H2,(H,18,19). The number of rotatable bonds is 4. The van der Waals surface area contributed by atoms with Crippen LogP contribution in [0.3, 0.4) is 0 Å². The van der Waals surface area contributed by atoms with Crippen LogP contribution in [0.15, 0.2) is 40.9 Å². The highest BCUT2D eigenvalue weighted by atomic mass is 79.9. The summed E-state index contributed by atoms with van der Waals surface area (Å²) in [5.41, 5.74) is 6.40. The maximum absolute atomic E-state index is 13.3. The van der Waals surface area contributed by atoms with Gasteiger partial charge in [-0.05, 0) is 34.1 Å². The van der Waals surface area contributed by atoms with Crippen LogP contribution < -0.4 is 10.5 Å². The SMILES string of the molecule is Nc1cc(OCc2cccc(F)c2Br)ccc1C(=O)O. The molecule has 104 valence electrons. The molecule has 0 heterocycles. The number of carbonyl (C=O) groups is 1. The third-order valence-electron chi connectivity index (χ3n) is 2.68. The van der Waals surface area contributed by atoms with Crippen molar-refractivity contribution in [3.63, 3.8) is 0 Å². The fourth-order valence-corrected chi connectivity index (χ4v) is 2.03. The second-order valence-corrected chi connectivity index (χ2v) is 4.85. The highest BCUT2D eigenvalue weighted by Crippen LogP contribution is 2.24. The van der Waals surface area contributed by atoms with Gasteiger partial charge >= 0.3 is 5.97 Å². The molecule has 2 aromatic rings. The molecule has 3 N–H and O–H groups in total. The van der Waals surface area contributed by atoms with Crippen molar-refractivity contribution in [1.29, 1.82) is 0 Å². The number of hydrogen-bond acceptors (Lipinski definition) is 3. The molecule has 0 unspecified atom stereocenters. The number of benzene rings is 2. The molecule has 0 aromatic heterocycles. The molecule has 0 saturated carbocycles. The van der Waals surface area contributed by atoms with Crippen LogP contribution >= 0.6 is 15.9 Å². The lowest BCUT2D eigenvalue weighted by atomic mass is 10.2. The summed E-state index contributed by atoms with van der Waals surface area (Å²) in [7, 11) is 0. The van der Waals surface area contributed by atoms with Crippen molar-refractivity contribution in [2.75, 3.05) is 5.73 Å². The number of halogens is 2. The smallest absolute Gasteiger partial charge is 0.337 e. The van der Waals surface area contributed by atoms with Gasteiger partial charge in [0.2, 0.25) is 0 Å². The Balaban J connectivity index is 2.13. The van der Waals surface area contributed by atoms with Crippen molar-refractivity contribution < 1.29 is 19.0 Å². The van der Waals surface area contributed by atoms with E-state index < -0.39 is 5.97 Å². The Labute approximate surface area is 123 Å². The van der Waals surface area contributed by atoms with E-state index in [4.69, 9.17) is 15.6 Å². The quantitative estimate of drug-likeness (QED) is 0.837. The van der Waals surface area contributed by atoms with Crippen LogP contribution in [-0.4, -0.2) is 11.1 Å². The van der Waals surface area contributed by atoms with Crippen molar-refractivity contribution in [1.82, 2.24) is 0 Å². The van der Waals surface area contributed by atoms with Crippen LogP contribution in [0.1, 0.15) is 15.9 Å². The average molecular weight is 340 g/mol. The first-order valence-electron chi connectivity index (χ1n) is 5.67.